The molecule has 1 amide bonds. The second-order valence-electron chi connectivity index (χ2n) is 6.41. The van der Waals surface area contributed by atoms with Crippen LogP contribution in [-0.4, -0.2) is 28.9 Å². The Morgan fingerprint density at radius 1 is 1.35 bits per heavy atom. The van der Waals surface area contributed by atoms with E-state index in [9.17, 15) is 4.79 Å². The minimum Gasteiger partial charge on any atom is -0.352 e. The van der Waals surface area contributed by atoms with Crippen LogP contribution >= 0.6 is 0 Å². The molecular formula is C17H26N2O. The number of hydrogen-bond acceptors (Lipinski definition) is 2. The zero-order valence-corrected chi connectivity index (χ0v) is 13.1. The highest BCUT2D eigenvalue weighted by atomic mass is 16.2. The van der Waals surface area contributed by atoms with Crippen molar-refractivity contribution in [1.29, 1.82) is 0 Å². The molecule has 0 saturated carbocycles. The van der Waals surface area contributed by atoms with E-state index >= 15 is 0 Å². The number of rotatable bonds is 4. The Balaban J connectivity index is 2.10. The van der Waals surface area contributed by atoms with Crippen LogP contribution in [0, 0.1) is 6.92 Å². The minimum absolute atomic E-state index is 0.164. The molecule has 0 radical (unpaired) electrons. The molecule has 1 aromatic carbocycles. The van der Waals surface area contributed by atoms with E-state index in [1.165, 1.54) is 11.1 Å². The van der Waals surface area contributed by atoms with E-state index in [1.807, 2.05) is 13.8 Å². The van der Waals surface area contributed by atoms with Crippen molar-refractivity contribution in [3.8, 4) is 0 Å². The van der Waals surface area contributed by atoms with Gasteiger partial charge < -0.3 is 5.32 Å². The molecule has 0 aliphatic carbocycles. The highest BCUT2D eigenvalue weighted by Crippen LogP contribution is 2.31. The van der Waals surface area contributed by atoms with Crippen molar-refractivity contribution in [1.82, 2.24) is 10.2 Å². The number of amides is 1. The Kier molecular flexibility index (Phi) is 4.48. The van der Waals surface area contributed by atoms with Crippen molar-refractivity contribution in [2.24, 2.45) is 0 Å². The van der Waals surface area contributed by atoms with Gasteiger partial charge in [0.15, 0.2) is 0 Å². The van der Waals surface area contributed by atoms with Gasteiger partial charge in [-0.05, 0) is 52.6 Å². The Morgan fingerprint density at radius 3 is 2.60 bits per heavy atom. The third kappa shape index (κ3) is 3.21. The van der Waals surface area contributed by atoms with Gasteiger partial charge in [-0.25, -0.2) is 0 Å². The van der Waals surface area contributed by atoms with E-state index in [1.54, 1.807) is 0 Å². The molecule has 3 nitrogen and oxygen atoms in total. The summed E-state index contributed by atoms with van der Waals surface area (Å²) in [7, 11) is 0. The second kappa shape index (κ2) is 5.96. The highest BCUT2D eigenvalue weighted by molar-refractivity contribution is 5.86. The van der Waals surface area contributed by atoms with E-state index in [0.717, 1.165) is 25.9 Å². The van der Waals surface area contributed by atoms with Crippen molar-refractivity contribution < 1.29 is 4.79 Å². The van der Waals surface area contributed by atoms with Gasteiger partial charge in [0.2, 0.25) is 5.91 Å². The van der Waals surface area contributed by atoms with E-state index in [0.29, 0.717) is 0 Å². The summed E-state index contributed by atoms with van der Waals surface area (Å²) < 4.78 is 0. The van der Waals surface area contributed by atoms with Crippen molar-refractivity contribution in [2.75, 3.05) is 6.54 Å². The molecule has 0 aromatic heterocycles. The van der Waals surface area contributed by atoms with Gasteiger partial charge in [-0.3, -0.25) is 9.69 Å². The monoisotopic (exact) mass is 274 g/mol. The normalized spacial score (nSPS) is 23.2. The van der Waals surface area contributed by atoms with Crippen LogP contribution in [0.5, 0.6) is 0 Å². The molecule has 1 aliphatic rings. The second-order valence-corrected chi connectivity index (χ2v) is 6.41. The summed E-state index contributed by atoms with van der Waals surface area (Å²) in [4.78, 5) is 14.8. The summed E-state index contributed by atoms with van der Waals surface area (Å²) >= 11 is 0. The van der Waals surface area contributed by atoms with Crippen molar-refractivity contribution in [3.63, 3.8) is 0 Å². The van der Waals surface area contributed by atoms with E-state index in [2.05, 4.69) is 48.3 Å². The maximum atomic E-state index is 12.5. The fraction of sp³-hybridized carbons (Fsp3) is 0.588. The highest BCUT2D eigenvalue weighted by Gasteiger charge is 2.42. The van der Waals surface area contributed by atoms with E-state index in [4.69, 9.17) is 0 Å². The van der Waals surface area contributed by atoms with E-state index in [-0.39, 0.29) is 17.5 Å². The number of hydrogen-bond donors (Lipinski definition) is 1. The number of nitrogens with one attached hydrogen (secondary N) is 1. The summed E-state index contributed by atoms with van der Waals surface area (Å²) in [6.45, 7) is 10.0. The number of carbonyl (C=O) groups excluding carboxylic acids is 1. The molecule has 1 atom stereocenters. The molecular weight excluding hydrogens is 248 g/mol. The predicted molar refractivity (Wildman–Crippen MR) is 82.5 cm³/mol. The van der Waals surface area contributed by atoms with E-state index < -0.39 is 0 Å². The van der Waals surface area contributed by atoms with Crippen LogP contribution < -0.4 is 5.32 Å². The summed E-state index contributed by atoms with van der Waals surface area (Å²) in [5, 5.41) is 3.07. The van der Waals surface area contributed by atoms with Gasteiger partial charge in [-0.1, -0.05) is 29.8 Å². The van der Waals surface area contributed by atoms with Gasteiger partial charge in [0.25, 0.3) is 0 Å². The Labute approximate surface area is 122 Å². The summed E-state index contributed by atoms with van der Waals surface area (Å²) in [6, 6.07) is 8.79. The largest absolute Gasteiger partial charge is 0.352 e. The first-order valence-corrected chi connectivity index (χ1v) is 7.53. The minimum atomic E-state index is -0.366. The lowest BCUT2D eigenvalue weighted by atomic mass is 9.96. The number of benzene rings is 1. The van der Waals surface area contributed by atoms with Crippen LogP contribution in [0.3, 0.4) is 0 Å². The molecule has 3 heteroatoms. The lowest BCUT2D eigenvalue weighted by molar-refractivity contribution is -0.131. The fourth-order valence-corrected chi connectivity index (χ4v) is 2.86. The molecule has 1 heterocycles. The standard InChI is InChI=1S/C17H26N2O/c1-13(2)18-16(20)17(4)10-5-11-19(17)12-15-8-6-14(3)7-9-15/h6-9,13H,5,10-12H2,1-4H3,(H,18,20). The first kappa shape index (κ1) is 15.0. The SMILES string of the molecule is Cc1ccc(CN2CCCC2(C)C(=O)NC(C)C)cc1. The fourth-order valence-electron chi connectivity index (χ4n) is 2.86. The zero-order chi connectivity index (χ0) is 14.8. The van der Waals surface area contributed by atoms with Crippen molar-refractivity contribution in [2.45, 2.75) is 58.7 Å². The summed E-state index contributed by atoms with van der Waals surface area (Å²) in [6.07, 6.45) is 2.03. The average molecular weight is 274 g/mol. The number of nitrogens with zero attached hydrogens (tertiary/aromatic N) is 1. The number of aryl methyl sites for hydroxylation is 1. The molecule has 1 aliphatic heterocycles. The quantitative estimate of drug-likeness (QED) is 0.915. The van der Waals surface area contributed by atoms with Gasteiger partial charge in [-0.15, -0.1) is 0 Å². The third-order valence-corrected chi connectivity index (χ3v) is 4.19. The molecule has 1 aromatic rings. The molecule has 0 spiro atoms. The lowest BCUT2D eigenvalue weighted by Crippen LogP contribution is -2.54. The van der Waals surface area contributed by atoms with Gasteiger partial charge >= 0.3 is 0 Å². The molecule has 0 bridgehead atoms. The molecule has 1 fully saturated rings. The van der Waals surface area contributed by atoms with Crippen molar-refractivity contribution in [3.05, 3.63) is 35.4 Å². The van der Waals surface area contributed by atoms with Gasteiger partial charge in [0, 0.05) is 12.6 Å². The predicted octanol–water partition coefficient (Wildman–Crippen LogP) is 2.87. The first-order chi connectivity index (χ1) is 9.41. The third-order valence-electron chi connectivity index (χ3n) is 4.19. The maximum absolute atomic E-state index is 12.5. The first-order valence-electron chi connectivity index (χ1n) is 7.53. The number of likely N-dealkylation sites (tertiary alicyclic amines) is 1. The van der Waals surface area contributed by atoms with Crippen molar-refractivity contribution >= 4 is 5.91 Å². The summed E-state index contributed by atoms with van der Waals surface area (Å²) in [5.41, 5.74) is 2.19. The van der Waals surface area contributed by atoms with Crippen LogP contribution in [-0.2, 0) is 11.3 Å². The number of carbonyl (C=O) groups is 1. The maximum Gasteiger partial charge on any atom is 0.240 e. The smallest absolute Gasteiger partial charge is 0.240 e. The molecule has 20 heavy (non-hydrogen) atoms. The summed E-state index contributed by atoms with van der Waals surface area (Å²) in [5.74, 6) is 0.164. The van der Waals surface area contributed by atoms with Gasteiger partial charge in [0.1, 0.15) is 0 Å². The van der Waals surface area contributed by atoms with Crippen LogP contribution in [0.2, 0.25) is 0 Å². The average Bonchev–Trinajstić information content (AvgIpc) is 2.74. The zero-order valence-electron chi connectivity index (χ0n) is 13.1. The molecule has 2 rings (SSSR count). The molecule has 110 valence electrons. The molecule has 1 unspecified atom stereocenters. The van der Waals surface area contributed by atoms with Crippen LogP contribution in [0.4, 0.5) is 0 Å². The Morgan fingerprint density at radius 2 is 2.00 bits per heavy atom. The van der Waals surface area contributed by atoms with Crippen LogP contribution in [0.15, 0.2) is 24.3 Å². The topological polar surface area (TPSA) is 32.3 Å². The Bertz CT molecular complexity index is 466. The Hall–Kier alpha value is -1.35. The molecule has 1 N–H and O–H groups in total. The molecule has 1 saturated heterocycles. The van der Waals surface area contributed by atoms with Gasteiger partial charge in [-0.2, -0.15) is 0 Å². The van der Waals surface area contributed by atoms with Gasteiger partial charge in [0.05, 0.1) is 5.54 Å². The lowest BCUT2D eigenvalue weighted by Gasteiger charge is -2.34. The van der Waals surface area contributed by atoms with Crippen LogP contribution in [0.1, 0.15) is 44.7 Å². The van der Waals surface area contributed by atoms with Crippen LogP contribution in [0.25, 0.3) is 0 Å².